The van der Waals surface area contributed by atoms with E-state index in [-0.39, 0.29) is 22.5 Å². The zero-order valence-electron chi connectivity index (χ0n) is 10.3. The molecule has 0 amide bonds. The number of hydrogen-bond donors (Lipinski definition) is 2. The van der Waals surface area contributed by atoms with Crippen LogP contribution in [0.15, 0.2) is 27.1 Å². The molecule has 106 valence electrons. The largest absolute Gasteiger partial charge is 0.475 e. The molecule has 0 fully saturated rings. The predicted octanol–water partition coefficient (Wildman–Crippen LogP) is 3.94. The topological polar surface area (TPSA) is 62.5 Å². The summed E-state index contributed by atoms with van der Waals surface area (Å²) >= 11 is 2.97. The van der Waals surface area contributed by atoms with Crippen LogP contribution in [0.5, 0.6) is 0 Å². The Bertz CT molecular complexity index is 670. The van der Waals surface area contributed by atoms with Gasteiger partial charge in [0.1, 0.15) is 17.4 Å². The minimum Gasteiger partial charge on any atom is -0.475 e. The van der Waals surface area contributed by atoms with Crippen LogP contribution in [-0.2, 0) is 6.54 Å². The molecule has 2 rings (SSSR count). The summed E-state index contributed by atoms with van der Waals surface area (Å²) in [5.74, 6) is -2.35. The Labute approximate surface area is 121 Å². The second-order valence-corrected chi connectivity index (χ2v) is 4.95. The Hall–Kier alpha value is -1.89. The van der Waals surface area contributed by atoms with Crippen molar-refractivity contribution in [1.82, 2.24) is 0 Å². The number of halogens is 3. The van der Waals surface area contributed by atoms with Crippen LogP contribution in [0.25, 0.3) is 0 Å². The number of aryl methyl sites for hydroxylation is 1. The van der Waals surface area contributed by atoms with Gasteiger partial charge in [0.25, 0.3) is 0 Å². The average Bonchev–Trinajstić information content (AvgIpc) is 2.74. The van der Waals surface area contributed by atoms with Crippen molar-refractivity contribution in [2.75, 3.05) is 5.32 Å². The monoisotopic (exact) mass is 345 g/mol. The zero-order chi connectivity index (χ0) is 14.9. The average molecular weight is 346 g/mol. The van der Waals surface area contributed by atoms with E-state index < -0.39 is 17.6 Å². The molecule has 0 spiro atoms. The molecule has 0 aliphatic carbocycles. The minimum atomic E-state index is -1.17. The summed E-state index contributed by atoms with van der Waals surface area (Å²) < 4.78 is 31.8. The summed E-state index contributed by atoms with van der Waals surface area (Å²) in [4.78, 5) is 10.8. The number of hydrogen-bond acceptors (Lipinski definition) is 3. The summed E-state index contributed by atoms with van der Waals surface area (Å²) in [5, 5.41) is 11.6. The van der Waals surface area contributed by atoms with Crippen molar-refractivity contribution in [3.05, 3.63) is 51.4 Å². The van der Waals surface area contributed by atoms with Gasteiger partial charge in [-0.3, -0.25) is 0 Å². The molecule has 0 aliphatic heterocycles. The van der Waals surface area contributed by atoms with Crippen LogP contribution in [0.2, 0.25) is 0 Å². The molecule has 0 unspecified atom stereocenters. The molecule has 20 heavy (non-hydrogen) atoms. The van der Waals surface area contributed by atoms with Crippen LogP contribution >= 0.6 is 15.9 Å². The van der Waals surface area contributed by atoms with E-state index in [1.54, 1.807) is 6.92 Å². The number of aromatic carboxylic acids is 1. The summed E-state index contributed by atoms with van der Waals surface area (Å²) in [6.07, 6.45) is 0. The van der Waals surface area contributed by atoms with Crippen LogP contribution in [0.4, 0.5) is 14.5 Å². The Morgan fingerprint density at radius 3 is 2.65 bits per heavy atom. The lowest BCUT2D eigenvalue weighted by molar-refractivity contribution is 0.0661. The smallest absolute Gasteiger partial charge is 0.371 e. The molecule has 2 aromatic rings. The molecule has 0 bridgehead atoms. The van der Waals surface area contributed by atoms with E-state index in [2.05, 4.69) is 21.2 Å². The van der Waals surface area contributed by atoms with Gasteiger partial charge in [0, 0.05) is 18.2 Å². The van der Waals surface area contributed by atoms with Crippen LogP contribution in [0.3, 0.4) is 0 Å². The zero-order valence-corrected chi connectivity index (χ0v) is 11.9. The van der Waals surface area contributed by atoms with Gasteiger partial charge in [0.05, 0.1) is 10.2 Å². The van der Waals surface area contributed by atoms with Crippen LogP contribution in [0, 0.1) is 18.6 Å². The molecule has 0 atom stereocenters. The first-order valence-corrected chi connectivity index (χ1v) is 6.39. The Morgan fingerprint density at radius 1 is 1.35 bits per heavy atom. The first-order valence-electron chi connectivity index (χ1n) is 5.59. The van der Waals surface area contributed by atoms with Gasteiger partial charge in [-0.1, -0.05) is 0 Å². The number of furan rings is 1. The van der Waals surface area contributed by atoms with Crippen molar-refractivity contribution in [2.24, 2.45) is 0 Å². The highest BCUT2D eigenvalue weighted by Crippen LogP contribution is 2.25. The summed E-state index contributed by atoms with van der Waals surface area (Å²) in [6, 6.07) is 3.40. The third-order valence-electron chi connectivity index (χ3n) is 2.71. The van der Waals surface area contributed by atoms with E-state index in [0.29, 0.717) is 11.3 Å². The number of rotatable bonds is 4. The fourth-order valence-corrected chi connectivity index (χ4v) is 1.99. The lowest BCUT2D eigenvalue weighted by Gasteiger charge is -2.08. The maximum absolute atomic E-state index is 13.5. The van der Waals surface area contributed by atoms with Gasteiger partial charge in [-0.15, -0.1) is 0 Å². The van der Waals surface area contributed by atoms with Crippen molar-refractivity contribution in [3.8, 4) is 0 Å². The minimum absolute atomic E-state index is 0.107. The van der Waals surface area contributed by atoms with Crippen LogP contribution in [-0.4, -0.2) is 11.1 Å². The van der Waals surface area contributed by atoms with E-state index in [1.165, 1.54) is 12.1 Å². The Morgan fingerprint density at radius 2 is 2.05 bits per heavy atom. The van der Waals surface area contributed by atoms with Crippen LogP contribution < -0.4 is 5.32 Å². The molecule has 1 aromatic heterocycles. The highest BCUT2D eigenvalue weighted by Gasteiger charge is 2.14. The standard InChI is InChI=1S/C13H10BrF2NO3/c1-6-7(2-12(20-6)13(18)19)5-17-11-3-8(14)9(15)4-10(11)16/h2-4,17H,5H2,1H3,(H,18,19). The molecule has 0 saturated heterocycles. The van der Waals surface area contributed by atoms with E-state index in [9.17, 15) is 13.6 Å². The molecule has 0 radical (unpaired) electrons. The number of anilines is 1. The van der Waals surface area contributed by atoms with Crippen molar-refractivity contribution in [2.45, 2.75) is 13.5 Å². The molecule has 1 heterocycles. The van der Waals surface area contributed by atoms with Crippen molar-refractivity contribution >= 4 is 27.6 Å². The van der Waals surface area contributed by atoms with Crippen molar-refractivity contribution < 1.29 is 23.1 Å². The van der Waals surface area contributed by atoms with Gasteiger partial charge < -0.3 is 14.8 Å². The summed E-state index contributed by atoms with van der Waals surface area (Å²) in [6.45, 7) is 1.78. The summed E-state index contributed by atoms with van der Waals surface area (Å²) in [7, 11) is 0. The molecule has 2 N–H and O–H groups in total. The number of carboxylic acid groups (broad SMARTS) is 1. The van der Waals surface area contributed by atoms with Crippen molar-refractivity contribution in [3.63, 3.8) is 0 Å². The third kappa shape index (κ3) is 2.98. The predicted molar refractivity (Wildman–Crippen MR) is 71.8 cm³/mol. The maximum atomic E-state index is 13.5. The second kappa shape index (κ2) is 5.62. The first-order chi connectivity index (χ1) is 9.38. The lowest BCUT2D eigenvalue weighted by Crippen LogP contribution is -2.02. The van der Waals surface area contributed by atoms with Gasteiger partial charge in [-0.25, -0.2) is 13.6 Å². The number of carboxylic acids is 1. The van der Waals surface area contributed by atoms with Gasteiger partial charge in [0.2, 0.25) is 5.76 Å². The van der Waals surface area contributed by atoms with Gasteiger partial charge in [-0.05, 0) is 35.0 Å². The highest BCUT2D eigenvalue weighted by atomic mass is 79.9. The van der Waals surface area contributed by atoms with E-state index >= 15 is 0 Å². The highest BCUT2D eigenvalue weighted by molar-refractivity contribution is 9.10. The maximum Gasteiger partial charge on any atom is 0.371 e. The van der Waals surface area contributed by atoms with Gasteiger partial charge >= 0.3 is 5.97 Å². The molecule has 0 aliphatic rings. The first kappa shape index (κ1) is 14.5. The fraction of sp³-hybridized carbons (Fsp3) is 0.154. The Kier molecular flexibility index (Phi) is 4.08. The third-order valence-corrected chi connectivity index (χ3v) is 3.32. The normalized spacial score (nSPS) is 10.6. The molecule has 1 aromatic carbocycles. The van der Waals surface area contributed by atoms with Gasteiger partial charge in [-0.2, -0.15) is 0 Å². The van der Waals surface area contributed by atoms with E-state index in [4.69, 9.17) is 9.52 Å². The van der Waals surface area contributed by atoms with E-state index in [0.717, 1.165) is 6.07 Å². The molecular weight excluding hydrogens is 336 g/mol. The number of nitrogens with one attached hydrogen (secondary N) is 1. The lowest BCUT2D eigenvalue weighted by atomic mass is 10.2. The molecule has 0 saturated carbocycles. The summed E-state index contributed by atoms with van der Waals surface area (Å²) in [5.41, 5.74) is 0.693. The van der Waals surface area contributed by atoms with Crippen molar-refractivity contribution in [1.29, 1.82) is 0 Å². The van der Waals surface area contributed by atoms with E-state index in [1.807, 2.05) is 0 Å². The second-order valence-electron chi connectivity index (χ2n) is 4.10. The molecule has 4 nitrogen and oxygen atoms in total. The fourth-order valence-electron chi connectivity index (χ4n) is 1.65. The molecular formula is C13H10BrF2NO3. The Balaban J connectivity index is 2.17. The van der Waals surface area contributed by atoms with Crippen LogP contribution in [0.1, 0.15) is 21.9 Å². The van der Waals surface area contributed by atoms with Gasteiger partial charge in [0.15, 0.2) is 0 Å². The number of carbonyl (C=O) groups is 1. The quantitative estimate of drug-likeness (QED) is 0.824. The number of benzene rings is 1. The SMILES string of the molecule is Cc1oc(C(=O)O)cc1CNc1cc(Br)c(F)cc1F. The molecule has 7 heteroatoms.